The Hall–Kier alpha value is -1.70. The highest BCUT2D eigenvalue weighted by Gasteiger charge is 2.21. The third-order valence-corrected chi connectivity index (χ3v) is 3.64. The largest absolute Gasteiger partial charge is 0.340 e. The number of rotatable bonds is 4. The van der Waals surface area contributed by atoms with Gasteiger partial charge in [0.1, 0.15) is 5.69 Å². The molecule has 1 aliphatic heterocycles. The van der Waals surface area contributed by atoms with Gasteiger partial charge in [-0.05, 0) is 19.1 Å². The molecule has 132 valence electrons. The lowest BCUT2D eigenvalue weighted by Gasteiger charge is -2.31. The second kappa shape index (κ2) is 9.56. The first-order valence-corrected chi connectivity index (χ1v) is 7.47. The molecule has 24 heavy (non-hydrogen) atoms. The fourth-order valence-electron chi connectivity index (χ4n) is 2.49. The lowest BCUT2D eigenvalue weighted by atomic mass is 10.2. The number of carbonyl (C=O) groups is 1. The number of hydrogen-bond acceptors (Lipinski definition) is 6. The highest BCUT2D eigenvalue weighted by molar-refractivity contribution is 5.85. The number of piperazine rings is 1. The van der Waals surface area contributed by atoms with E-state index in [-0.39, 0.29) is 30.7 Å². The molecule has 1 N–H and O–H groups in total. The Morgan fingerprint density at radius 3 is 2.96 bits per heavy atom. The fraction of sp³-hybridized carbons (Fsp3) is 0.467. The first kappa shape index (κ1) is 20.3. The van der Waals surface area contributed by atoms with Gasteiger partial charge >= 0.3 is 0 Å². The van der Waals surface area contributed by atoms with Crippen LogP contribution in [0.2, 0.25) is 0 Å². The van der Waals surface area contributed by atoms with Crippen LogP contribution in [0, 0.1) is 0 Å². The molecule has 1 atom stereocenters. The van der Waals surface area contributed by atoms with Crippen LogP contribution in [-0.2, 0) is 11.2 Å². The predicted octanol–water partition coefficient (Wildman–Crippen LogP) is 1.73. The smallest absolute Gasteiger partial charge is 0.227 e. The van der Waals surface area contributed by atoms with Gasteiger partial charge in [-0.25, -0.2) is 0 Å². The molecule has 2 aromatic rings. The van der Waals surface area contributed by atoms with Crippen molar-refractivity contribution in [2.75, 3.05) is 19.6 Å². The summed E-state index contributed by atoms with van der Waals surface area (Å²) in [6, 6.07) is 5.87. The van der Waals surface area contributed by atoms with E-state index in [0.29, 0.717) is 36.3 Å². The van der Waals surface area contributed by atoms with Crippen LogP contribution in [0.4, 0.5) is 0 Å². The molecule has 0 bridgehead atoms. The van der Waals surface area contributed by atoms with E-state index in [4.69, 9.17) is 4.52 Å². The summed E-state index contributed by atoms with van der Waals surface area (Å²) in [5, 5.41) is 7.23. The quantitative estimate of drug-likeness (QED) is 0.878. The summed E-state index contributed by atoms with van der Waals surface area (Å²) in [6.07, 6.45) is 2.52. The normalized spacial score (nSPS) is 16.9. The number of halogens is 2. The summed E-state index contributed by atoms with van der Waals surface area (Å²) in [7, 11) is 0. The topological polar surface area (TPSA) is 84.2 Å². The molecule has 1 saturated heterocycles. The van der Waals surface area contributed by atoms with Crippen LogP contribution in [0.1, 0.15) is 19.2 Å². The van der Waals surface area contributed by atoms with Crippen LogP contribution in [0.5, 0.6) is 0 Å². The van der Waals surface area contributed by atoms with E-state index in [9.17, 15) is 4.79 Å². The summed E-state index contributed by atoms with van der Waals surface area (Å²) < 4.78 is 5.19. The van der Waals surface area contributed by atoms with E-state index >= 15 is 0 Å². The van der Waals surface area contributed by atoms with Gasteiger partial charge in [0, 0.05) is 44.7 Å². The van der Waals surface area contributed by atoms with Crippen molar-refractivity contribution in [2.45, 2.75) is 25.8 Å². The molecule has 0 spiro atoms. The second-order valence-electron chi connectivity index (χ2n) is 5.42. The number of pyridine rings is 1. The van der Waals surface area contributed by atoms with E-state index in [1.54, 1.807) is 6.20 Å². The molecule has 0 aromatic carbocycles. The first-order valence-electron chi connectivity index (χ1n) is 7.47. The lowest BCUT2D eigenvalue weighted by molar-refractivity contribution is -0.132. The molecule has 2 aromatic heterocycles. The van der Waals surface area contributed by atoms with E-state index in [1.165, 1.54) is 0 Å². The van der Waals surface area contributed by atoms with E-state index < -0.39 is 0 Å². The molecular formula is C15H21Cl2N5O2. The van der Waals surface area contributed by atoms with Crippen molar-refractivity contribution in [2.24, 2.45) is 0 Å². The zero-order valence-electron chi connectivity index (χ0n) is 13.3. The Morgan fingerprint density at radius 2 is 2.25 bits per heavy atom. The van der Waals surface area contributed by atoms with Gasteiger partial charge in [0.2, 0.25) is 17.6 Å². The van der Waals surface area contributed by atoms with Gasteiger partial charge in [0.15, 0.2) is 0 Å². The maximum absolute atomic E-state index is 12.2. The minimum Gasteiger partial charge on any atom is -0.340 e. The number of nitrogens with zero attached hydrogens (tertiary/aromatic N) is 4. The van der Waals surface area contributed by atoms with Crippen molar-refractivity contribution in [3.63, 3.8) is 0 Å². The molecule has 0 unspecified atom stereocenters. The summed E-state index contributed by atoms with van der Waals surface area (Å²) in [5.41, 5.74) is 0.666. The van der Waals surface area contributed by atoms with Crippen LogP contribution in [0.25, 0.3) is 11.5 Å². The molecule has 3 heterocycles. The minimum atomic E-state index is 0. The Balaban J connectivity index is 0.00000144. The third kappa shape index (κ3) is 5.15. The first-order chi connectivity index (χ1) is 10.7. The van der Waals surface area contributed by atoms with Gasteiger partial charge < -0.3 is 14.7 Å². The molecule has 3 rings (SSSR count). The number of nitrogens with one attached hydrogen (secondary N) is 1. The SMILES string of the molecule is C[C@@H]1CN(C(=O)CCc2nc(-c3ccccn3)no2)CCN1.Cl.Cl. The van der Waals surface area contributed by atoms with Crippen LogP contribution in [0.3, 0.4) is 0 Å². The van der Waals surface area contributed by atoms with Crippen LogP contribution in [-0.4, -0.2) is 51.6 Å². The van der Waals surface area contributed by atoms with E-state index in [1.807, 2.05) is 23.1 Å². The zero-order valence-corrected chi connectivity index (χ0v) is 15.0. The average molecular weight is 374 g/mol. The fourth-order valence-corrected chi connectivity index (χ4v) is 2.49. The Morgan fingerprint density at radius 1 is 1.42 bits per heavy atom. The monoisotopic (exact) mass is 373 g/mol. The Labute approximate surface area is 153 Å². The van der Waals surface area contributed by atoms with Crippen molar-refractivity contribution in [1.29, 1.82) is 0 Å². The van der Waals surface area contributed by atoms with Crippen LogP contribution >= 0.6 is 24.8 Å². The van der Waals surface area contributed by atoms with Crippen LogP contribution in [0.15, 0.2) is 28.9 Å². The molecular weight excluding hydrogens is 353 g/mol. The number of aryl methyl sites for hydroxylation is 1. The standard InChI is InChI=1S/C15H19N5O2.2ClH/c1-11-10-20(9-8-16-11)14(21)6-5-13-18-15(19-22-13)12-4-2-3-7-17-12;;/h2-4,7,11,16H,5-6,8-10H2,1H3;2*1H/t11-;;/m1../s1. The van der Waals surface area contributed by atoms with Gasteiger partial charge in [-0.1, -0.05) is 11.2 Å². The Kier molecular flexibility index (Phi) is 8.10. The molecule has 1 aliphatic rings. The molecule has 1 fully saturated rings. The predicted molar refractivity (Wildman–Crippen MR) is 94.4 cm³/mol. The summed E-state index contributed by atoms with van der Waals surface area (Å²) in [5.74, 6) is 1.06. The van der Waals surface area contributed by atoms with E-state index in [0.717, 1.165) is 19.6 Å². The summed E-state index contributed by atoms with van der Waals surface area (Å²) in [4.78, 5) is 22.5. The summed E-state index contributed by atoms with van der Waals surface area (Å²) in [6.45, 7) is 4.43. The average Bonchev–Trinajstić information content (AvgIpc) is 3.02. The second-order valence-corrected chi connectivity index (χ2v) is 5.42. The Bertz CT molecular complexity index is 638. The molecule has 0 aliphatic carbocycles. The van der Waals surface area contributed by atoms with Crippen molar-refractivity contribution >= 4 is 30.7 Å². The van der Waals surface area contributed by atoms with Gasteiger partial charge in [-0.3, -0.25) is 9.78 Å². The van der Waals surface area contributed by atoms with Crippen molar-refractivity contribution < 1.29 is 9.32 Å². The van der Waals surface area contributed by atoms with Gasteiger partial charge in [0.25, 0.3) is 0 Å². The number of aromatic nitrogens is 3. The number of carbonyl (C=O) groups excluding carboxylic acids is 1. The number of amides is 1. The highest BCUT2D eigenvalue weighted by atomic mass is 35.5. The molecule has 0 saturated carbocycles. The van der Waals surface area contributed by atoms with Gasteiger partial charge in [-0.2, -0.15) is 4.98 Å². The third-order valence-electron chi connectivity index (χ3n) is 3.64. The minimum absolute atomic E-state index is 0. The van der Waals surface area contributed by atoms with Crippen molar-refractivity contribution in [1.82, 2.24) is 25.3 Å². The molecule has 0 radical (unpaired) electrons. The van der Waals surface area contributed by atoms with Gasteiger partial charge in [-0.15, -0.1) is 24.8 Å². The molecule has 1 amide bonds. The zero-order chi connectivity index (χ0) is 15.4. The summed E-state index contributed by atoms with van der Waals surface area (Å²) >= 11 is 0. The van der Waals surface area contributed by atoms with Gasteiger partial charge in [0.05, 0.1) is 0 Å². The van der Waals surface area contributed by atoms with Crippen molar-refractivity contribution in [3.05, 3.63) is 30.3 Å². The maximum Gasteiger partial charge on any atom is 0.227 e. The molecule has 7 nitrogen and oxygen atoms in total. The molecule has 9 heteroatoms. The lowest BCUT2D eigenvalue weighted by Crippen LogP contribution is -2.51. The van der Waals surface area contributed by atoms with Crippen molar-refractivity contribution in [3.8, 4) is 11.5 Å². The highest BCUT2D eigenvalue weighted by Crippen LogP contribution is 2.13. The number of hydrogen-bond donors (Lipinski definition) is 1. The van der Waals surface area contributed by atoms with Crippen LogP contribution < -0.4 is 5.32 Å². The maximum atomic E-state index is 12.2. The van der Waals surface area contributed by atoms with E-state index in [2.05, 4.69) is 27.4 Å².